The third-order valence-corrected chi connectivity index (χ3v) is 3.30. The van der Waals surface area contributed by atoms with Crippen LogP contribution in [-0.2, 0) is 0 Å². The molecule has 1 saturated carbocycles. The van der Waals surface area contributed by atoms with Crippen LogP contribution in [0.15, 0.2) is 0 Å². The largest absolute Gasteiger partial charge is 0.303 e. The monoisotopic (exact) mass is 155 g/mol. The van der Waals surface area contributed by atoms with Gasteiger partial charge in [0.1, 0.15) is 0 Å². The fourth-order valence-electron chi connectivity index (χ4n) is 2.44. The van der Waals surface area contributed by atoms with Gasteiger partial charge in [0.15, 0.2) is 0 Å². The molecule has 2 heterocycles. The van der Waals surface area contributed by atoms with E-state index in [9.17, 15) is 0 Å². The van der Waals surface area contributed by atoms with Crippen molar-refractivity contribution in [2.75, 3.05) is 13.6 Å². The van der Waals surface area contributed by atoms with Crippen LogP contribution in [-0.4, -0.2) is 24.5 Å². The van der Waals surface area contributed by atoms with E-state index in [1.165, 1.54) is 25.8 Å². The summed E-state index contributed by atoms with van der Waals surface area (Å²) in [6, 6.07) is 0.963. The lowest BCUT2D eigenvalue weighted by molar-refractivity contribution is 0.177. The Balaban J connectivity index is 0.000000281. The molecule has 0 unspecified atom stereocenters. The van der Waals surface area contributed by atoms with Crippen LogP contribution in [0, 0.1) is 5.41 Å². The van der Waals surface area contributed by atoms with Crippen LogP contribution >= 0.6 is 0 Å². The first-order chi connectivity index (χ1) is 5.26. The van der Waals surface area contributed by atoms with Crippen molar-refractivity contribution >= 4 is 0 Å². The van der Waals surface area contributed by atoms with Crippen LogP contribution in [0.25, 0.3) is 0 Å². The molecule has 1 nitrogen and oxygen atoms in total. The Morgan fingerprint density at radius 3 is 2.09 bits per heavy atom. The van der Waals surface area contributed by atoms with E-state index in [0.717, 1.165) is 11.5 Å². The number of hydrogen-bond acceptors (Lipinski definition) is 1. The lowest BCUT2D eigenvalue weighted by atomic mass is 9.68. The Bertz CT molecular complexity index is 125. The molecule has 0 atom stereocenters. The first kappa shape index (κ1) is 9.05. The van der Waals surface area contributed by atoms with Gasteiger partial charge in [0, 0.05) is 12.6 Å². The normalized spacial score (nSPS) is 40.9. The van der Waals surface area contributed by atoms with Crippen molar-refractivity contribution < 1.29 is 0 Å². The third kappa shape index (κ3) is 1.31. The van der Waals surface area contributed by atoms with Gasteiger partial charge in [0.2, 0.25) is 0 Å². The molecule has 0 spiro atoms. The molecule has 3 fully saturated rings. The Hall–Kier alpha value is -0.0400. The first-order valence-electron chi connectivity index (χ1n) is 4.96. The van der Waals surface area contributed by atoms with E-state index in [2.05, 4.69) is 18.9 Å². The maximum absolute atomic E-state index is 2.52. The first-order valence-corrected chi connectivity index (χ1v) is 4.96. The lowest BCUT2D eigenvalue weighted by Gasteiger charge is -2.36. The summed E-state index contributed by atoms with van der Waals surface area (Å²) >= 11 is 0. The van der Waals surface area contributed by atoms with Gasteiger partial charge in [-0.05, 0) is 31.7 Å². The van der Waals surface area contributed by atoms with Crippen molar-refractivity contribution in [2.24, 2.45) is 5.41 Å². The molecule has 0 aromatic rings. The molecule has 2 aliphatic heterocycles. The zero-order valence-electron chi connectivity index (χ0n) is 8.35. The van der Waals surface area contributed by atoms with Gasteiger partial charge < -0.3 is 4.90 Å². The predicted molar refractivity (Wildman–Crippen MR) is 49.7 cm³/mol. The molecule has 0 N–H and O–H groups in total. The summed E-state index contributed by atoms with van der Waals surface area (Å²) in [6.45, 7) is 7.70. The molecule has 2 saturated heterocycles. The van der Waals surface area contributed by atoms with E-state index in [0.29, 0.717) is 0 Å². The number of hydrogen-bond donors (Lipinski definition) is 0. The van der Waals surface area contributed by atoms with E-state index < -0.39 is 0 Å². The highest BCUT2D eigenvalue weighted by molar-refractivity contribution is 5.05. The zero-order chi connectivity index (χ0) is 8.48. The van der Waals surface area contributed by atoms with Crippen molar-refractivity contribution in [1.29, 1.82) is 0 Å². The standard InChI is InChI=1S/C8H15N.C2H6/c1-3-8-4-7(5-8)9(2)6-8;1-2/h7H,3-6H2,1-2H3;1-2H3. The summed E-state index contributed by atoms with van der Waals surface area (Å²) in [5.41, 5.74) is 0.777. The van der Waals surface area contributed by atoms with Gasteiger partial charge >= 0.3 is 0 Å². The summed E-state index contributed by atoms with van der Waals surface area (Å²) in [5, 5.41) is 0. The Kier molecular flexibility index (Phi) is 2.58. The number of rotatable bonds is 1. The average Bonchev–Trinajstić information content (AvgIpc) is 2.44. The summed E-state index contributed by atoms with van der Waals surface area (Å²) < 4.78 is 0. The van der Waals surface area contributed by atoms with Gasteiger partial charge in [-0.2, -0.15) is 0 Å². The second kappa shape index (κ2) is 3.14. The smallest absolute Gasteiger partial charge is 0.0104 e. The molecule has 2 bridgehead atoms. The van der Waals surface area contributed by atoms with Gasteiger partial charge in [-0.1, -0.05) is 20.8 Å². The topological polar surface area (TPSA) is 3.24 Å². The molecule has 1 heteroatoms. The maximum Gasteiger partial charge on any atom is 0.0104 e. The molecule has 66 valence electrons. The summed E-state index contributed by atoms with van der Waals surface area (Å²) in [5.74, 6) is 0. The van der Waals surface area contributed by atoms with E-state index >= 15 is 0 Å². The second-order valence-electron chi connectivity index (χ2n) is 3.83. The fraction of sp³-hybridized carbons (Fsp3) is 1.00. The van der Waals surface area contributed by atoms with Crippen LogP contribution in [0.4, 0.5) is 0 Å². The molecule has 0 amide bonds. The summed E-state index contributed by atoms with van der Waals surface area (Å²) in [6.07, 6.45) is 4.37. The van der Waals surface area contributed by atoms with Gasteiger partial charge in [-0.15, -0.1) is 0 Å². The fourth-order valence-corrected chi connectivity index (χ4v) is 2.44. The van der Waals surface area contributed by atoms with E-state index in [1.54, 1.807) is 0 Å². The Morgan fingerprint density at radius 1 is 1.36 bits per heavy atom. The average molecular weight is 155 g/mol. The van der Waals surface area contributed by atoms with Crippen molar-refractivity contribution in [2.45, 2.75) is 46.1 Å². The van der Waals surface area contributed by atoms with Crippen molar-refractivity contribution in [3.8, 4) is 0 Å². The highest BCUT2D eigenvalue weighted by Gasteiger charge is 2.51. The zero-order valence-corrected chi connectivity index (χ0v) is 8.35. The van der Waals surface area contributed by atoms with Crippen molar-refractivity contribution in [3.05, 3.63) is 0 Å². The minimum atomic E-state index is 0.777. The highest BCUT2D eigenvalue weighted by atomic mass is 15.2. The van der Waals surface area contributed by atoms with E-state index in [-0.39, 0.29) is 0 Å². The molecule has 3 rings (SSSR count). The van der Waals surface area contributed by atoms with Crippen LogP contribution in [0.3, 0.4) is 0 Å². The molecule has 3 aliphatic rings. The Morgan fingerprint density at radius 2 is 1.91 bits per heavy atom. The minimum Gasteiger partial charge on any atom is -0.303 e. The number of nitrogens with zero attached hydrogens (tertiary/aromatic N) is 1. The van der Waals surface area contributed by atoms with Gasteiger partial charge in [-0.25, -0.2) is 0 Å². The predicted octanol–water partition coefficient (Wildman–Crippen LogP) is 2.52. The van der Waals surface area contributed by atoms with Gasteiger partial charge in [0.05, 0.1) is 0 Å². The van der Waals surface area contributed by atoms with Crippen LogP contribution in [0.2, 0.25) is 0 Å². The van der Waals surface area contributed by atoms with Gasteiger partial charge in [-0.3, -0.25) is 0 Å². The van der Waals surface area contributed by atoms with Crippen LogP contribution in [0.5, 0.6) is 0 Å². The molecular formula is C10H21N. The van der Waals surface area contributed by atoms with Gasteiger partial charge in [0.25, 0.3) is 0 Å². The number of fused-ring (bicyclic) bond motifs is 1. The SMILES string of the molecule is CC.CCC12CC(C1)N(C)C2. The Labute approximate surface area is 70.8 Å². The second-order valence-corrected chi connectivity index (χ2v) is 3.83. The molecule has 11 heavy (non-hydrogen) atoms. The summed E-state index contributed by atoms with van der Waals surface area (Å²) in [7, 11) is 2.26. The molecule has 0 aromatic carbocycles. The maximum atomic E-state index is 2.52. The summed E-state index contributed by atoms with van der Waals surface area (Å²) in [4.78, 5) is 2.52. The van der Waals surface area contributed by atoms with Crippen LogP contribution in [0.1, 0.15) is 40.0 Å². The van der Waals surface area contributed by atoms with E-state index in [1.807, 2.05) is 13.8 Å². The van der Waals surface area contributed by atoms with Crippen molar-refractivity contribution in [1.82, 2.24) is 4.90 Å². The quantitative estimate of drug-likeness (QED) is 0.562. The van der Waals surface area contributed by atoms with E-state index in [4.69, 9.17) is 0 Å². The molecular weight excluding hydrogens is 134 g/mol. The third-order valence-electron chi connectivity index (χ3n) is 3.30. The van der Waals surface area contributed by atoms with Crippen molar-refractivity contribution in [3.63, 3.8) is 0 Å². The van der Waals surface area contributed by atoms with Crippen LogP contribution < -0.4 is 0 Å². The molecule has 1 aliphatic carbocycles. The lowest BCUT2D eigenvalue weighted by Crippen LogP contribution is -2.33. The highest BCUT2D eigenvalue weighted by Crippen LogP contribution is 2.52. The molecule has 0 radical (unpaired) electrons. The molecule has 0 aromatic heterocycles. The minimum absolute atomic E-state index is 0.777.